The quantitative estimate of drug-likeness (QED) is 0.753. The van der Waals surface area contributed by atoms with Crippen LogP contribution < -0.4 is 10.3 Å². The molecular formula is C18H24N2O2S. The first-order valence-electron chi connectivity index (χ1n) is 8.05. The van der Waals surface area contributed by atoms with E-state index in [0.717, 1.165) is 35.4 Å². The van der Waals surface area contributed by atoms with E-state index >= 15 is 0 Å². The van der Waals surface area contributed by atoms with Crippen LogP contribution in [0.1, 0.15) is 44.0 Å². The summed E-state index contributed by atoms with van der Waals surface area (Å²) in [6.45, 7) is 7.03. The van der Waals surface area contributed by atoms with Gasteiger partial charge in [-0.1, -0.05) is 39.3 Å². The Bertz CT molecular complexity index is 745. The summed E-state index contributed by atoms with van der Waals surface area (Å²) >= 11 is 5.06. The Morgan fingerprint density at radius 1 is 1.17 bits per heavy atom. The summed E-state index contributed by atoms with van der Waals surface area (Å²) in [5.41, 5.74) is 2.67. The topological polar surface area (TPSA) is 57.9 Å². The third-order valence-electron chi connectivity index (χ3n) is 3.52. The van der Waals surface area contributed by atoms with Gasteiger partial charge in [0.05, 0.1) is 6.61 Å². The Hall–Kier alpha value is -1.88. The largest absolute Gasteiger partial charge is 0.493 e. The molecule has 0 unspecified atom stereocenters. The number of rotatable bonds is 7. The van der Waals surface area contributed by atoms with Crippen molar-refractivity contribution in [1.29, 1.82) is 0 Å². The van der Waals surface area contributed by atoms with Gasteiger partial charge < -0.3 is 9.72 Å². The van der Waals surface area contributed by atoms with Gasteiger partial charge in [-0.05, 0) is 42.3 Å². The number of ether oxygens (including phenoxy) is 1. The second-order valence-corrected chi connectivity index (χ2v) is 6.55. The average Bonchev–Trinajstić information content (AvgIpc) is 2.50. The molecule has 2 aromatic rings. The SMILES string of the molecule is CCCc1[nH]c(=S)[nH]c(=O)c1Cc1ccc(OCC(C)C)cc1. The van der Waals surface area contributed by atoms with Crippen molar-refractivity contribution in [1.82, 2.24) is 9.97 Å². The molecule has 1 aromatic heterocycles. The van der Waals surface area contributed by atoms with Crippen molar-refractivity contribution >= 4 is 12.2 Å². The monoisotopic (exact) mass is 332 g/mol. The van der Waals surface area contributed by atoms with E-state index in [4.69, 9.17) is 17.0 Å². The van der Waals surface area contributed by atoms with Gasteiger partial charge in [-0.25, -0.2) is 0 Å². The number of aromatic amines is 2. The fraction of sp³-hybridized carbons (Fsp3) is 0.444. The minimum Gasteiger partial charge on any atom is -0.493 e. The lowest BCUT2D eigenvalue weighted by Gasteiger charge is -2.10. The first-order valence-corrected chi connectivity index (χ1v) is 8.46. The van der Waals surface area contributed by atoms with E-state index in [0.29, 0.717) is 23.7 Å². The third kappa shape index (κ3) is 5.06. The molecule has 0 saturated heterocycles. The molecule has 0 amide bonds. The summed E-state index contributed by atoms with van der Waals surface area (Å²) in [5, 5.41) is 0. The summed E-state index contributed by atoms with van der Waals surface area (Å²) < 4.78 is 6.08. The molecule has 0 saturated carbocycles. The van der Waals surface area contributed by atoms with Crippen LogP contribution in [0.3, 0.4) is 0 Å². The predicted octanol–water partition coefficient (Wildman–Crippen LogP) is 4.01. The average molecular weight is 332 g/mol. The Morgan fingerprint density at radius 2 is 1.87 bits per heavy atom. The maximum Gasteiger partial charge on any atom is 0.255 e. The number of aryl methyl sites for hydroxylation is 1. The van der Waals surface area contributed by atoms with Gasteiger partial charge in [-0.3, -0.25) is 9.78 Å². The minimum absolute atomic E-state index is 0.0997. The Balaban J connectivity index is 2.19. The number of hydrogen-bond acceptors (Lipinski definition) is 3. The summed E-state index contributed by atoms with van der Waals surface area (Å²) in [6.07, 6.45) is 2.36. The zero-order valence-electron chi connectivity index (χ0n) is 13.9. The molecule has 23 heavy (non-hydrogen) atoms. The predicted molar refractivity (Wildman–Crippen MR) is 95.8 cm³/mol. The van der Waals surface area contributed by atoms with Crippen molar-refractivity contribution in [2.24, 2.45) is 5.92 Å². The highest BCUT2D eigenvalue weighted by Gasteiger charge is 2.09. The maximum atomic E-state index is 12.2. The lowest BCUT2D eigenvalue weighted by Crippen LogP contribution is -2.18. The Kier molecular flexibility index (Phi) is 6.16. The van der Waals surface area contributed by atoms with E-state index < -0.39 is 0 Å². The van der Waals surface area contributed by atoms with Crippen molar-refractivity contribution < 1.29 is 4.74 Å². The van der Waals surface area contributed by atoms with Crippen LogP contribution >= 0.6 is 12.2 Å². The van der Waals surface area contributed by atoms with Crippen LogP contribution in [0.15, 0.2) is 29.1 Å². The van der Waals surface area contributed by atoms with Crippen molar-refractivity contribution in [3.05, 3.63) is 56.2 Å². The lowest BCUT2D eigenvalue weighted by molar-refractivity contribution is 0.271. The second kappa shape index (κ2) is 8.11. The molecule has 0 atom stereocenters. The zero-order chi connectivity index (χ0) is 16.8. The van der Waals surface area contributed by atoms with E-state index in [-0.39, 0.29) is 5.56 Å². The van der Waals surface area contributed by atoms with Gasteiger partial charge in [0.25, 0.3) is 5.56 Å². The molecule has 2 rings (SSSR count). The van der Waals surface area contributed by atoms with Crippen molar-refractivity contribution in [2.45, 2.75) is 40.0 Å². The van der Waals surface area contributed by atoms with E-state index in [1.807, 2.05) is 24.3 Å². The van der Waals surface area contributed by atoms with Gasteiger partial charge in [-0.15, -0.1) is 0 Å². The smallest absolute Gasteiger partial charge is 0.255 e. The van der Waals surface area contributed by atoms with Gasteiger partial charge >= 0.3 is 0 Å². The van der Waals surface area contributed by atoms with Crippen molar-refractivity contribution in [3.63, 3.8) is 0 Å². The standard InChI is InChI=1S/C18H24N2O2S/c1-4-5-16-15(17(21)20-18(23)19-16)10-13-6-8-14(9-7-13)22-11-12(2)3/h6-9,12H,4-5,10-11H2,1-3H3,(H2,19,20,21,23). The van der Waals surface area contributed by atoms with Gasteiger partial charge in [0.1, 0.15) is 5.75 Å². The zero-order valence-corrected chi connectivity index (χ0v) is 14.8. The number of aromatic nitrogens is 2. The molecule has 0 aliphatic rings. The van der Waals surface area contributed by atoms with Crippen molar-refractivity contribution in [2.75, 3.05) is 6.61 Å². The van der Waals surface area contributed by atoms with E-state index in [9.17, 15) is 4.79 Å². The van der Waals surface area contributed by atoms with Crippen LogP contribution in [0.5, 0.6) is 5.75 Å². The molecule has 0 spiro atoms. The lowest BCUT2D eigenvalue weighted by atomic mass is 10.0. The van der Waals surface area contributed by atoms with Gasteiger partial charge in [0, 0.05) is 17.7 Å². The Morgan fingerprint density at radius 3 is 2.48 bits per heavy atom. The van der Waals surface area contributed by atoms with Crippen molar-refractivity contribution in [3.8, 4) is 5.75 Å². The Labute approximate surface area is 141 Å². The highest BCUT2D eigenvalue weighted by atomic mass is 32.1. The fourth-order valence-electron chi connectivity index (χ4n) is 2.38. The summed E-state index contributed by atoms with van der Waals surface area (Å²) in [6, 6.07) is 7.92. The second-order valence-electron chi connectivity index (χ2n) is 6.14. The molecule has 0 fully saturated rings. The molecule has 1 heterocycles. The van der Waals surface area contributed by atoms with Crippen LogP contribution in [0.2, 0.25) is 0 Å². The molecule has 2 N–H and O–H groups in total. The summed E-state index contributed by atoms with van der Waals surface area (Å²) in [7, 11) is 0. The highest BCUT2D eigenvalue weighted by molar-refractivity contribution is 7.71. The molecule has 0 aliphatic heterocycles. The molecule has 0 aliphatic carbocycles. The number of hydrogen-bond donors (Lipinski definition) is 2. The molecule has 4 nitrogen and oxygen atoms in total. The van der Waals surface area contributed by atoms with E-state index in [1.54, 1.807) is 0 Å². The van der Waals surface area contributed by atoms with Crippen LogP contribution in [-0.2, 0) is 12.8 Å². The third-order valence-corrected chi connectivity index (χ3v) is 3.72. The van der Waals surface area contributed by atoms with Crippen LogP contribution in [0, 0.1) is 10.7 Å². The van der Waals surface area contributed by atoms with Crippen LogP contribution in [0.25, 0.3) is 0 Å². The number of H-pyrrole nitrogens is 2. The van der Waals surface area contributed by atoms with Crippen LogP contribution in [0.4, 0.5) is 0 Å². The first kappa shape index (κ1) is 17.5. The maximum absolute atomic E-state index is 12.2. The fourth-order valence-corrected chi connectivity index (χ4v) is 2.60. The van der Waals surface area contributed by atoms with Gasteiger partial charge in [0.15, 0.2) is 4.77 Å². The molecule has 5 heteroatoms. The van der Waals surface area contributed by atoms with E-state index in [2.05, 4.69) is 30.7 Å². The molecular weight excluding hydrogens is 308 g/mol. The van der Waals surface area contributed by atoms with Crippen LogP contribution in [-0.4, -0.2) is 16.6 Å². The number of nitrogens with one attached hydrogen (secondary N) is 2. The minimum atomic E-state index is -0.0997. The molecule has 124 valence electrons. The highest BCUT2D eigenvalue weighted by Crippen LogP contribution is 2.16. The normalized spacial score (nSPS) is 11.0. The molecule has 0 radical (unpaired) electrons. The van der Waals surface area contributed by atoms with Gasteiger partial charge in [-0.2, -0.15) is 0 Å². The summed E-state index contributed by atoms with van der Waals surface area (Å²) in [5.74, 6) is 1.36. The van der Waals surface area contributed by atoms with Gasteiger partial charge in [0.2, 0.25) is 0 Å². The molecule has 1 aromatic carbocycles. The molecule has 0 bridgehead atoms. The van der Waals surface area contributed by atoms with E-state index in [1.165, 1.54) is 0 Å². The first-order chi connectivity index (χ1) is 11.0. The summed E-state index contributed by atoms with van der Waals surface area (Å²) in [4.78, 5) is 18.0. The number of benzene rings is 1.